The highest BCUT2D eigenvalue weighted by Gasteiger charge is 2.00. The summed E-state index contributed by atoms with van der Waals surface area (Å²) >= 11 is 0. The molecule has 2 N–H and O–H groups in total. The minimum Gasteiger partial charge on any atom is -0.481 e. The number of benzene rings is 1. The third-order valence-corrected chi connectivity index (χ3v) is 2.26. The number of nitrogens with one attached hydrogen (secondary N) is 1. The van der Waals surface area contributed by atoms with E-state index in [0.717, 1.165) is 18.9 Å². The van der Waals surface area contributed by atoms with Gasteiger partial charge in [-0.2, -0.15) is 0 Å². The molecule has 0 atom stereocenters. The number of hydrogen-bond acceptors (Lipinski definition) is 2. The van der Waals surface area contributed by atoms with E-state index >= 15 is 0 Å². The van der Waals surface area contributed by atoms with Gasteiger partial charge in [0.2, 0.25) is 0 Å². The monoisotopic (exact) mass is 243 g/mol. The smallest absolute Gasteiger partial charge is 0.303 e. The Balaban J connectivity index is 2.20. The summed E-state index contributed by atoms with van der Waals surface area (Å²) in [5.41, 5.74) is 0.403. The zero-order valence-electron chi connectivity index (χ0n) is 9.38. The maximum atomic E-state index is 12.8. The quantitative estimate of drug-likeness (QED) is 0.724. The van der Waals surface area contributed by atoms with Gasteiger partial charge in [-0.3, -0.25) is 4.79 Å². The standard InChI is InChI=1S/C12H15F2NO2/c13-9-6-10(14)8-11(7-9)15-5-3-1-2-4-12(16)17/h6-8,15H,1-5H2,(H,16,17). The van der Waals surface area contributed by atoms with E-state index in [4.69, 9.17) is 5.11 Å². The Bertz CT molecular complexity index is 363. The summed E-state index contributed by atoms with van der Waals surface area (Å²) < 4.78 is 25.6. The van der Waals surface area contributed by atoms with Crippen LogP contribution in [0.2, 0.25) is 0 Å². The first-order valence-electron chi connectivity index (χ1n) is 5.49. The highest BCUT2D eigenvalue weighted by Crippen LogP contribution is 2.13. The molecular formula is C12H15F2NO2. The van der Waals surface area contributed by atoms with Crippen LogP contribution in [0, 0.1) is 11.6 Å². The molecule has 0 fully saturated rings. The molecule has 0 aliphatic rings. The Hall–Kier alpha value is -1.65. The molecule has 0 amide bonds. The van der Waals surface area contributed by atoms with Gasteiger partial charge in [-0.15, -0.1) is 0 Å². The van der Waals surface area contributed by atoms with E-state index in [0.29, 0.717) is 18.7 Å². The van der Waals surface area contributed by atoms with Crippen LogP contribution in [0.1, 0.15) is 25.7 Å². The molecule has 0 aliphatic heterocycles. The minimum atomic E-state index is -0.801. The van der Waals surface area contributed by atoms with Gasteiger partial charge >= 0.3 is 5.97 Å². The average Bonchev–Trinajstić information content (AvgIpc) is 2.21. The Labute approximate surface area is 98.5 Å². The lowest BCUT2D eigenvalue weighted by molar-refractivity contribution is -0.137. The first-order chi connectivity index (χ1) is 8.08. The second kappa shape index (κ2) is 6.83. The maximum Gasteiger partial charge on any atom is 0.303 e. The molecule has 0 saturated carbocycles. The van der Waals surface area contributed by atoms with Crippen molar-refractivity contribution in [3.8, 4) is 0 Å². The van der Waals surface area contributed by atoms with E-state index in [1.54, 1.807) is 0 Å². The molecule has 94 valence electrons. The highest BCUT2D eigenvalue weighted by atomic mass is 19.1. The molecule has 5 heteroatoms. The summed E-state index contributed by atoms with van der Waals surface area (Å²) in [7, 11) is 0. The third-order valence-electron chi connectivity index (χ3n) is 2.26. The van der Waals surface area contributed by atoms with Crippen molar-refractivity contribution < 1.29 is 18.7 Å². The molecule has 1 rings (SSSR count). The van der Waals surface area contributed by atoms with Crippen LogP contribution in [0.4, 0.5) is 14.5 Å². The van der Waals surface area contributed by atoms with Crippen LogP contribution in [0.15, 0.2) is 18.2 Å². The van der Waals surface area contributed by atoms with Crippen molar-refractivity contribution in [2.24, 2.45) is 0 Å². The van der Waals surface area contributed by atoms with Gasteiger partial charge in [-0.25, -0.2) is 8.78 Å². The molecule has 17 heavy (non-hydrogen) atoms. The largest absolute Gasteiger partial charge is 0.481 e. The summed E-state index contributed by atoms with van der Waals surface area (Å²) in [6, 6.07) is 3.26. The molecule has 0 heterocycles. The third kappa shape index (κ3) is 5.85. The first-order valence-corrected chi connectivity index (χ1v) is 5.49. The van der Waals surface area contributed by atoms with E-state index in [1.807, 2.05) is 0 Å². The fraction of sp³-hybridized carbons (Fsp3) is 0.417. The van der Waals surface area contributed by atoms with E-state index < -0.39 is 17.6 Å². The molecule has 0 saturated heterocycles. The zero-order chi connectivity index (χ0) is 12.7. The molecule has 3 nitrogen and oxygen atoms in total. The number of hydrogen-bond donors (Lipinski definition) is 2. The zero-order valence-corrected chi connectivity index (χ0v) is 9.38. The van der Waals surface area contributed by atoms with E-state index in [2.05, 4.69) is 5.32 Å². The van der Waals surface area contributed by atoms with Gasteiger partial charge in [0, 0.05) is 24.7 Å². The van der Waals surface area contributed by atoms with Crippen LogP contribution < -0.4 is 5.32 Å². The van der Waals surface area contributed by atoms with Crippen molar-refractivity contribution in [3.05, 3.63) is 29.8 Å². The van der Waals surface area contributed by atoms with Gasteiger partial charge in [-0.1, -0.05) is 6.42 Å². The van der Waals surface area contributed by atoms with Crippen molar-refractivity contribution in [2.45, 2.75) is 25.7 Å². The summed E-state index contributed by atoms with van der Waals surface area (Å²) in [6.45, 7) is 0.572. The summed E-state index contributed by atoms with van der Waals surface area (Å²) in [4.78, 5) is 10.2. The molecule has 0 radical (unpaired) electrons. The predicted octanol–water partition coefficient (Wildman–Crippen LogP) is 3.02. The molecular weight excluding hydrogens is 228 g/mol. The summed E-state index contributed by atoms with van der Waals surface area (Å²) in [6.07, 6.45) is 2.33. The van der Waals surface area contributed by atoms with Crippen LogP contribution >= 0.6 is 0 Å². The van der Waals surface area contributed by atoms with Crippen LogP contribution in [0.5, 0.6) is 0 Å². The number of halogens is 2. The van der Waals surface area contributed by atoms with Crippen LogP contribution in [-0.2, 0) is 4.79 Å². The fourth-order valence-corrected chi connectivity index (χ4v) is 1.47. The average molecular weight is 243 g/mol. The number of carbonyl (C=O) groups is 1. The molecule has 0 aromatic heterocycles. The van der Waals surface area contributed by atoms with Gasteiger partial charge in [0.25, 0.3) is 0 Å². The number of rotatable bonds is 7. The number of anilines is 1. The van der Waals surface area contributed by atoms with Gasteiger partial charge in [0.15, 0.2) is 0 Å². The van der Waals surface area contributed by atoms with Crippen LogP contribution in [-0.4, -0.2) is 17.6 Å². The Morgan fingerprint density at radius 3 is 2.35 bits per heavy atom. The van der Waals surface area contributed by atoms with E-state index in [1.165, 1.54) is 12.1 Å². The lowest BCUT2D eigenvalue weighted by Gasteiger charge is -2.06. The van der Waals surface area contributed by atoms with Crippen LogP contribution in [0.25, 0.3) is 0 Å². The predicted molar refractivity (Wildman–Crippen MR) is 61.0 cm³/mol. The first kappa shape index (κ1) is 13.4. The van der Waals surface area contributed by atoms with E-state index in [9.17, 15) is 13.6 Å². The molecule has 0 bridgehead atoms. The molecule has 0 spiro atoms. The van der Waals surface area contributed by atoms with Crippen molar-refractivity contribution >= 4 is 11.7 Å². The molecule has 1 aromatic rings. The fourth-order valence-electron chi connectivity index (χ4n) is 1.47. The second-order valence-electron chi connectivity index (χ2n) is 3.79. The molecule has 0 unspecified atom stereocenters. The lowest BCUT2D eigenvalue weighted by Crippen LogP contribution is -2.03. The van der Waals surface area contributed by atoms with Crippen molar-refractivity contribution in [1.82, 2.24) is 0 Å². The number of carboxylic acids is 1. The molecule has 0 aliphatic carbocycles. The van der Waals surface area contributed by atoms with Crippen molar-refractivity contribution in [1.29, 1.82) is 0 Å². The van der Waals surface area contributed by atoms with E-state index in [-0.39, 0.29) is 6.42 Å². The topological polar surface area (TPSA) is 49.3 Å². The van der Waals surface area contributed by atoms with Crippen molar-refractivity contribution in [3.63, 3.8) is 0 Å². The number of carboxylic acid groups (broad SMARTS) is 1. The second-order valence-corrected chi connectivity index (χ2v) is 3.79. The van der Waals surface area contributed by atoms with Gasteiger partial charge in [0.1, 0.15) is 11.6 Å². The molecule has 1 aromatic carbocycles. The lowest BCUT2D eigenvalue weighted by atomic mass is 10.2. The minimum absolute atomic E-state index is 0.161. The summed E-state index contributed by atoms with van der Waals surface area (Å²) in [5.74, 6) is -2.03. The SMILES string of the molecule is O=C(O)CCCCCNc1cc(F)cc(F)c1. The Morgan fingerprint density at radius 2 is 1.76 bits per heavy atom. The number of aliphatic carboxylic acids is 1. The van der Waals surface area contributed by atoms with Crippen LogP contribution in [0.3, 0.4) is 0 Å². The maximum absolute atomic E-state index is 12.8. The van der Waals surface area contributed by atoms with Gasteiger partial charge < -0.3 is 10.4 Å². The highest BCUT2D eigenvalue weighted by molar-refractivity contribution is 5.66. The summed E-state index contributed by atoms with van der Waals surface area (Å²) in [5, 5.41) is 11.3. The van der Waals surface area contributed by atoms with Gasteiger partial charge in [-0.05, 0) is 25.0 Å². The normalized spacial score (nSPS) is 10.2. The van der Waals surface area contributed by atoms with Gasteiger partial charge in [0.05, 0.1) is 0 Å². The Kier molecular flexibility index (Phi) is 5.39. The number of unbranched alkanes of at least 4 members (excludes halogenated alkanes) is 2. The Morgan fingerprint density at radius 1 is 1.12 bits per heavy atom. The van der Waals surface area contributed by atoms with Crippen molar-refractivity contribution in [2.75, 3.05) is 11.9 Å².